The van der Waals surface area contributed by atoms with E-state index in [1.807, 2.05) is 0 Å². The molecule has 11 heteroatoms. The van der Waals surface area contributed by atoms with Crippen LogP contribution >= 0.6 is 23.2 Å². The highest BCUT2D eigenvalue weighted by Gasteiger charge is 2.40. The van der Waals surface area contributed by atoms with Crippen LogP contribution in [-0.4, -0.2) is 16.0 Å². The van der Waals surface area contributed by atoms with Crippen LogP contribution in [0.15, 0.2) is 22.7 Å². The minimum atomic E-state index is -4.02. The summed E-state index contributed by atoms with van der Waals surface area (Å²) in [6.45, 7) is 0. The summed E-state index contributed by atoms with van der Waals surface area (Å²) in [6, 6.07) is 3.32. The quantitative estimate of drug-likeness (QED) is 0.515. The number of hydrogen-bond acceptors (Lipinski definition) is 5. The lowest BCUT2D eigenvalue weighted by atomic mass is 10.0. The molecule has 1 heterocycles. The Labute approximate surface area is 130 Å². The number of halogens is 4. The molecule has 0 spiro atoms. The van der Waals surface area contributed by atoms with E-state index in [4.69, 9.17) is 28.9 Å². The molecule has 2 N–H and O–H groups in total. The van der Waals surface area contributed by atoms with Crippen LogP contribution in [0, 0.1) is 10.1 Å². The molecule has 0 saturated carbocycles. The van der Waals surface area contributed by atoms with E-state index in [0.717, 1.165) is 12.1 Å². The number of aromatic nitrogens is 1. The molecule has 0 bridgehead atoms. The second kappa shape index (κ2) is 5.50. The number of nitro benzene ring substituents is 1. The molecule has 0 unspecified atom stereocenters. The normalized spacial score (nSPS) is 11.5. The molecule has 2 aromatic rings. The fourth-order valence-corrected chi connectivity index (χ4v) is 2.02. The molecule has 0 aliphatic heterocycles. The molecule has 1 amide bonds. The van der Waals surface area contributed by atoms with Crippen molar-refractivity contribution < 1.29 is 23.0 Å². The standard InChI is InChI=1S/C11H5Cl2F2N3O4/c12-5-2-1-4(3-6(5)18(20)21)8-7(10(16)19)9(22-17-8)11(13,14)15/h1-3H,(H2,16,19). The van der Waals surface area contributed by atoms with E-state index in [1.165, 1.54) is 6.07 Å². The first-order valence-electron chi connectivity index (χ1n) is 5.44. The third kappa shape index (κ3) is 2.85. The van der Waals surface area contributed by atoms with Crippen LogP contribution in [0.5, 0.6) is 0 Å². The SMILES string of the molecule is NC(=O)c1c(-c2ccc(Cl)c([N+](=O)[O-])c2)noc1C(F)(F)Cl. The van der Waals surface area contributed by atoms with Gasteiger partial charge in [0.2, 0.25) is 5.76 Å². The second-order valence-corrected chi connectivity index (χ2v) is 4.90. The van der Waals surface area contributed by atoms with Crippen LogP contribution < -0.4 is 5.73 Å². The van der Waals surface area contributed by atoms with E-state index < -0.39 is 38.9 Å². The van der Waals surface area contributed by atoms with Gasteiger partial charge in [-0.2, -0.15) is 8.78 Å². The van der Waals surface area contributed by atoms with Crippen molar-refractivity contribution in [3.8, 4) is 11.3 Å². The maximum absolute atomic E-state index is 13.2. The molecule has 2 rings (SSSR count). The smallest absolute Gasteiger partial charge is 0.365 e. The second-order valence-electron chi connectivity index (χ2n) is 4.02. The van der Waals surface area contributed by atoms with Gasteiger partial charge in [-0.3, -0.25) is 14.9 Å². The number of hydrogen-bond donors (Lipinski definition) is 1. The van der Waals surface area contributed by atoms with Gasteiger partial charge in [0.1, 0.15) is 16.3 Å². The number of nitrogens with two attached hydrogens (primary N) is 1. The van der Waals surface area contributed by atoms with Gasteiger partial charge >= 0.3 is 5.38 Å². The highest BCUT2D eigenvalue weighted by Crippen LogP contribution is 2.39. The highest BCUT2D eigenvalue weighted by molar-refractivity contribution is 6.32. The van der Waals surface area contributed by atoms with Gasteiger partial charge in [-0.05, 0) is 17.7 Å². The van der Waals surface area contributed by atoms with Crippen LogP contribution in [0.2, 0.25) is 5.02 Å². The van der Waals surface area contributed by atoms with Crippen LogP contribution in [0.3, 0.4) is 0 Å². The number of nitro groups is 1. The van der Waals surface area contributed by atoms with Crippen molar-refractivity contribution in [2.45, 2.75) is 5.38 Å². The lowest BCUT2D eigenvalue weighted by molar-refractivity contribution is -0.384. The molecule has 1 aromatic heterocycles. The molecule has 0 fully saturated rings. The van der Waals surface area contributed by atoms with Crippen molar-refractivity contribution in [1.29, 1.82) is 0 Å². The highest BCUT2D eigenvalue weighted by atomic mass is 35.5. The Morgan fingerprint density at radius 2 is 2.09 bits per heavy atom. The van der Waals surface area contributed by atoms with E-state index in [2.05, 4.69) is 9.68 Å². The number of benzene rings is 1. The van der Waals surface area contributed by atoms with Crippen LogP contribution in [0.4, 0.5) is 14.5 Å². The van der Waals surface area contributed by atoms with Crippen LogP contribution in [0.1, 0.15) is 16.1 Å². The van der Waals surface area contributed by atoms with Crippen molar-refractivity contribution in [3.05, 3.63) is 44.7 Å². The summed E-state index contributed by atoms with van der Waals surface area (Å²) in [4.78, 5) is 21.4. The summed E-state index contributed by atoms with van der Waals surface area (Å²) in [6.07, 6.45) is 0. The predicted octanol–water partition coefficient (Wildman–Crippen LogP) is 3.29. The van der Waals surface area contributed by atoms with E-state index in [1.54, 1.807) is 0 Å². The lowest BCUT2D eigenvalue weighted by Gasteiger charge is -2.05. The number of carbonyl (C=O) groups is 1. The zero-order valence-electron chi connectivity index (χ0n) is 10.3. The molecule has 7 nitrogen and oxygen atoms in total. The average molecular weight is 352 g/mol. The summed E-state index contributed by atoms with van der Waals surface area (Å²) in [7, 11) is 0. The molecule has 0 aliphatic rings. The summed E-state index contributed by atoms with van der Waals surface area (Å²) in [5.41, 5.74) is 3.31. The Morgan fingerprint density at radius 1 is 1.45 bits per heavy atom. The largest absolute Gasteiger partial charge is 0.383 e. The van der Waals surface area contributed by atoms with Gasteiger partial charge in [-0.15, -0.1) is 0 Å². The third-order valence-corrected chi connectivity index (χ3v) is 3.10. The van der Waals surface area contributed by atoms with Crippen molar-refractivity contribution in [1.82, 2.24) is 5.16 Å². The average Bonchev–Trinajstić information content (AvgIpc) is 2.83. The number of rotatable bonds is 4. The van der Waals surface area contributed by atoms with Gasteiger partial charge in [-0.25, -0.2) is 0 Å². The van der Waals surface area contributed by atoms with Crippen molar-refractivity contribution in [2.24, 2.45) is 5.73 Å². The summed E-state index contributed by atoms with van der Waals surface area (Å²) >= 11 is 10.5. The Kier molecular flexibility index (Phi) is 4.03. The first kappa shape index (κ1) is 16.1. The van der Waals surface area contributed by atoms with Gasteiger partial charge in [-0.1, -0.05) is 22.8 Å². The van der Waals surface area contributed by atoms with Crippen molar-refractivity contribution in [3.63, 3.8) is 0 Å². The van der Waals surface area contributed by atoms with E-state index in [9.17, 15) is 23.7 Å². The van der Waals surface area contributed by atoms with Gasteiger partial charge in [0.15, 0.2) is 0 Å². The first-order valence-corrected chi connectivity index (χ1v) is 6.19. The third-order valence-electron chi connectivity index (χ3n) is 2.61. The Hall–Kier alpha value is -2.26. The Bertz CT molecular complexity index is 773. The fourth-order valence-electron chi connectivity index (χ4n) is 1.71. The van der Waals surface area contributed by atoms with Crippen molar-refractivity contribution >= 4 is 34.8 Å². The minimum absolute atomic E-state index is 0.0548. The summed E-state index contributed by atoms with van der Waals surface area (Å²) in [5, 5.41) is 9.93. The number of carbonyl (C=O) groups excluding carboxylic acids is 1. The minimum Gasteiger partial charge on any atom is -0.365 e. The van der Waals surface area contributed by atoms with Gasteiger partial charge < -0.3 is 10.3 Å². The first-order chi connectivity index (χ1) is 10.1. The molecule has 0 radical (unpaired) electrons. The van der Waals surface area contributed by atoms with Gasteiger partial charge in [0.05, 0.1) is 4.92 Å². The molecule has 22 heavy (non-hydrogen) atoms. The van der Waals surface area contributed by atoms with Crippen LogP contribution in [0.25, 0.3) is 11.3 Å². The predicted molar refractivity (Wildman–Crippen MR) is 71.9 cm³/mol. The van der Waals surface area contributed by atoms with E-state index in [0.29, 0.717) is 0 Å². The van der Waals surface area contributed by atoms with Crippen molar-refractivity contribution in [2.75, 3.05) is 0 Å². The van der Waals surface area contributed by atoms with Gasteiger partial charge in [0.25, 0.3) is 11.6 Å². The topological polar surface area (TPSA) is 112 Å². The zero-order valence-corrected chi connectivity index (χ0v) is 11.9. The molecular weight excluding hydrogens is 347 g/mol. The lowest BCUT2D eigenvalue weighted by Crippen LogP contribution is -2.17. The maximum atomic E-state index is 13.2. The monoisotopic (exact) mass is 351 g/mol. The summed E-state index contributed by atoms with van der Waals surface area (Å²) < 4.78 is 30.7. The zero-order chi connectivity index (χ0) is 16.7. The van der Waals surface area contributed by atoms with Gasteiger partial charge in [0, 0.05) is 11.6 Å². The summed E-state index contributed by atoms with van der Waals surface area (Å²) in [5.74, 6) is -2.52. The number of primary amides is 1. The molecule has 1 aromatic carbocycles. The molecule has 0 saturated heterocycles. The van der Waals surface area contributed by atoms with Crippen LogP contribution in [-0.2, 0) is 5.38 Å². The molecule has 0 aliphatic carbocycles. The number of amides is 1. The number of alkyl halides is 3. The van der Waals surface area contributed by atoms with E-state index >= 15 is 0 Å². The maximum Gasteiger partial charge on any atom is 0.383 e. The fraction of sp³-hybridized carbons (Fsp3) is 0.0909. The number of nitrogens with zero attached hydrogens (tertiary/aromatic N) is 2. The Balaban J connectivity index is 2.69. The van der Waals surface area contributed by atoms with E-state index in [-0.39, 0.29) is 10.6 Å². The molecule has 116 valence electrons. The molecule has 0 atom stereocenters. The Morgan fingerprint density at radius 3 is 2.59 bits per heavy atom. The molecular formula is C11H5Cl2F2N3O4.